The third kappa shape index (κ3) is 7.65. The smallest absolute Gasteiger partial charge is 0.457 e. The fourth-order valence-electron chi connectivity index (χ4n) is 4.28. The van der Waals surface area contributed by atoms with Gasteiger partial charge >= 0.3 is 12.4 Å². The average molecular weight is 628 g/mol. The van der Waals surface area contributed by atoms with Gasteiger partial charge in [0.1, 0.15) is 24.5 Å². The Labute approximate surface area is 254 Å². The minimum atomic E-state index is -4.77. The van der Waals surface area contributed by atoms with E-state index in [1.807, 2.05) is 25.1 Å². The van der Waals surface area contributed by atoms with E-state index in [1.165, 1.54) is 47.0 Å². The summed E-state index contributed by atoms with van der Waals surface area (Å²) in [7, 11) is 0. The minimum Gasteiger partial charge on any atom is -0.457 e. The molecule has 15 heteroatoms. The first-order chi connectivity index (χ1) is 20.9. The second kappa shape index (κ2) is 12.9. The summed E-state index contributed by atoms with van der Waals surface area (Å²) >= 11 is 1.26. The molecule has 44 heavy (non-hydrogen) atoms. The van der Waals surface area contributed by atoms with Crippen molar-refractivity contribution in [3.63, 3.8) is 0 Å². The lowest BCUT2D eigenvalue weighted by molar-refractivity contribution is -0.274. The van der Waals surface area contributed by atoms with Crippen molar-refractivity contribution in [1.29, 1.82) is 0 Å². The zero-order valence-electron chi connectivity index (χ0n) is 23.8. The van der Waals surface area contributed by atoms with Gasteiger partial charge in [0, 0.05) is 11.8 Å². The van der Waals surface area contributed by atoms with Crippen molar-refractivity contribution in [2.45, 2.75) is 46.0 Å². The maximum atomic E-state index is 12.8. The van der Waals surface area contributed by atoms with Gasteiger partial charge in [-0.15, -0.1) is 18.3 Å². The number of aliphatic hydroxyl groups excluding tert-OH is 1. The number of carbonyl (C=O) groups excluding carboxylic acids is 1. The molecular formula is C29H28F3N7O4S. The van der Waals surface area contributed by atoms with Crippen LogP contribution in [0.2, 0.25) is 0 Å². The van der Waals surface area contributed by atoms with Crippen molar-refractivity contribution in [2.24, 2.45) is 4.99 Å². The summed E-state index contributed by atoms with van der Waals surface area (Å²) in [5, 5.41) is 18.0. The SMILES string of the molecule is Cc1ccc(C(C)C)c(N2C(=O)CS/C2=N\C(O)Nc2ccc(COc3ncn(-c4ccc(OC(F)(F)F)cc4)n3)cn2)c1. The van der Waals surface area contributed by atoms with E-state index >= 15 is 0 Å². The van der Waals surface area contributed by atoms with Gasteiger partial charge in [-0.1, -0.05) is 43.8 Å². The maximum Gasteiger partial charge on any atom is 0.573 e. The predicted molar refractivity (Wildman–Crippen MR) is 159 cm³/mol. The van der Waals surface area contributed by atoms with Crippen LogP contribution in [0.1, 0.15) is 36.5 Å². The molecule has 2 N–H and O–H groups in total. The number of hydrogen-bond acceptors (Lipinski definition) is 10. The first-order valence-electron chi connectivity index (χ1n) is 13.4. The van der Waals surface area contributed by atoms with E-state index in [0.717, 1.165) is 16.8 Å². The number of benzene rings is 2. The number of ether oxygens (including phenoxy) is 2. The molecule has 2 aromatic carbocycles. The zero-order valence-corrected chi connectivity index (χ0v) is 24.6. The lowest BCUT2D eigenvalue weighted by Gasteiger charge is -2.23. The van der Waals surface area contributed by atoms with Crippen molar-refractivity contribution in [1.82, 2.24) is 19.7 Å². The number of hydrogen-bond donors (Lipinski definition) is 2. The Morgan fingerprint density at radius 2 is 1.89 bits per heavy atom. The molecule has 1 aliphatic heterocycles. The number of carbonyl (C=O) groups is 1. The van der Waals surface area contributed by atoms with Crippen LogP contribution in [0.3, 0.4) is 0 Å². The molecule has 1 unspecified atom stereocenters. The van der Waals surface area contributed by atoms with Crippen LogP contribution in [0.4, 0.5) is 24.7 Å². The molecule has 1 fully saturated rings. The van der Waals surface area contributed by atoms with Crippen LogP contribution in [-0.4, -0.2) is 54.4 Å². The normalized spacial score (nSPS) is 15.2. The van der Waals surface area contributed by atoms with E-state index in [-0.39, 0.29) is 35.9 Å². The van der Waals surface area contributed by atoms with Gasteiger partial charge in [0.25, 0.3) is 0 Å². The Morgan fingerprint density at radius 3 is 2.57 bits per heavy atom. The number of aliphatic hydroxyl groups is 1. The predicted octanol–water partition coefficient (Wildman–Crippen LogP) is 5.40. The lowest BCUT2D eigenvalue weighted by Crippen LogP contribution is -2.32. The number of aliphatic imine (C=N–C) groups is 1. The molecule has 11 nitrogen and oxygen atoms in total. The summed E-state index contributed by atoms with van der Waals surface area (Å²) in [6, 6.07) is 14.5. The largest absolute Gasteiger partial charge is 0.573 e. The maximum absolute atomic E-state index is 12.8. The Balaban J connectivity index is 1.18. The second-order valence-electron chi connectivity index (χ2n) is 10.0. The van der Waals surface area contributed by atoms with Crippen LogP contribution in [-0.2, 0) is 11.4 Å². The standard InChI is InChI=1S/C29H28F3N7O4S/c1-17(2)22-10-4-18(3)12-23(22)39-25(40)15-44-28(39)36-26(41)35-24-11-5-19(13-33-24)14-42-27-34-16-38(37-27)20-6-8-21(9-7-20)43-29(30,31)32/h4-13,16-17,26,41H,14-15H2,1-3H3,(H,33,35)/b36-28-. The van der Waals surface area contributed by atoms with Crippen LogP contribution < -0.4 is 19.7 Å². The Hall–Kier alpha value is -4.63. The van der Waals surface area contributed by atoms with Gasteiger partial charge < -0.3 is 19.9 Å². The van der Waals surface area contributed by atoms with Crippen LogP contribution in [0, 0.1) is 6.92 Å². The third-order valence-corrected chi connectivity index (χ3v) is 7.26. The van der Waals surface area contributed by atoms with Gasteiger partial charge in [-0.3, -0.25) is 9.69 Å². The van der Waals surface area contributed by atoms with Crippen LogP contribution in [0.5, 0.6) is 11.8 Å². The highest BCUT2D eigenvalue weighted by molar-refractivity contribution is 8.15. The fourth-order valence-corrected chi connectivity index (χ4v) is 5.17. The molecule has 0 aliphatic carbocycles. The molecule has 3 heterocycles. The third-order valence-electron chi connectivity index (χ3n) is 6.32. The molecule has 1 aliphatic rings. The van der Waals surface area contributed by atoms with Crippen LogP contribution in [0.25, 0.3) is 5.69 Å². The second-order valence-corrected chi connectivity index (χ2v) is 11.0. The zero-order chi connectivity index (χ0) is 31.4. The molecule has 1 atom stereocenters. The van der Waals surface area contributed by atoms with Crippen molar-refractivity contribution in [3.05, 3.63) is 83.8 Å². The minimum absolute atomic E-state index is 0.0523. The number of anilines is 2. The highest BCUT2D eigenvalue weighted by atomic mass is 32.2. The summed E-state index contributed by atoms with van der Waals surface area (Å²) in [4.78, 5) is 27.0. The molecule has 4 aromatic rings. The number of amidine groups is 1. The molecule has 0 bridgehead atoms. The lowest BCUT2D eigenvalue weighted by atomic mass is 9.99. The number of pyridine rings is 1. The number of aromatic nitrogens is 4. The molecule has 230 valence electrons. The van der Waals surface area contributed by atoms with Gasteiger partial charge in [0.2, 0.25) is 12.3 Å². The fraction of sp³-hybridized carbons (Fsp3) is 0.276. The van der Waals surface area contributed by atoms with E-state index in [0.29, 0.717) is 22.2 Å². The van der Waals surface area contributed by atoms with Crippen LogP contribution >= 0.6 is 11.8 Å². The highest BCUT2D eigenvalue weighted by Gasteiger charge is 2.33. The molecule has 0 spiro atoms. The molecule has 5 rings (SSSR count). The first kappa shape index (κ1) is 30.8. The van der Waals surface area contributed by atoms with Gasteiger partial charge in [-0.25, -0.2) is 14.7 Å². The van der Waals surface area contributed by atoms with Gasteiger partial charge in [-0.05, 0) is 60.4 Å². The average Bonchev–Trinajstić information content (AvgIpc) is 3.58. The Bertz CT molecular complexity index is 1640. The molecule has 2 aromatic heterocycles. The first-order valence-corrected chi connectivity index (χ1v) is 14.4. The highest BCUT2D eigenvalue weighted by Crippen LogP contribution is 2.34. The number of nitrogens with zero attached hydrogens (tertiary/aromatic N) is 6. The number of aryl methyl sites for hydroxylation is 1. The van der Waals surface area contributed by atoms with E-state index in [1.54, 1.807) is 23.2 Å². The van der Waals surface area contributed by atoms with E-state index in [4.69, 9.17) is 4.74 Å². The Morgan fingerprint density at radius 1 is 1.11 bits per heavy atom. The van der Waals surface area contributed by atoms with E-state index in [9.17, 15) is 23.1 Å². The summed E-state index contributed by atoms with van der Waals surface area (Å²) in [5.74, 6) is 0.309. The van der Waals surface area contributed by atoms with Crippen molar-refractivity contribution in [2.75, 3.05) is 16.0 Å². The Kier molecular flexibility index (Phi) is 9.06. The van der Waals surface area contributed by atoms with Crippen molar-refractivity contribution in [3.8, 4) is 17.4 Å². The number of nitrogens with one attached hydrogen (secondary N) is 1. The number of amides is 1. The molecule has 1 amide bonds. The molecule has 0 radical (unpaired) electrons. The molecular weight excluding hydrogens is 599 g/mol. The van der Waals surface area contributed by atoms with Gasteiger partial charge in [-0.2, -0.15) is 4.98 Å². The number of rotatable bonds is 10. The topological polar surface area (TPSA) is 127 Å². The summed E-state index contributed by atoms with van der Waals surface area (Å²) < 4.78 is 47.9. The quantitative estimate of drug-likeness (QED) is 0.222. The molecule has 0 saturated carbocycles. The number of alkyl halides is 3. The van der Waals surface area contributed by atoms with E-state index in [2.05, 4.69) is 44.0 Å². The monoisotopic (exact) mass is 627 g/mol. The number of thioether (sulfide) groups is 1. The molecule has 1 saturated heterocycles. The summed E-state index contributed by atoms with van der Waals surface area (Å²) in [6.07, 6.45) is -3.22. The number of halogens is 3. The van der Waals surface area contributed by atoms with Crippen LogP contribution in [0.15, 0.2) is 72.1 Å². The van der Waals surface area contributed by atoms with Crippen molar-refractivity contribution < 1.29 is 32.5 Å². The van der Waals surface area contributed by atoms with Gasteiger partial charge in [0.15, 0.2) is 5.17 Å². The van der Waals surface area contributed by atoms with Crippen molar-refractivity contribution >= 4 is 34.3 Å². The van der Waals surface area contributed by atoms with Gasteiger partial charge in [0.05, 0.1) is 17.1 Å². The summed E-state index contributed by atoms with van der Waals surface area (Å²) in [6.45, 7) is 6.16. The summed E-state index contributed by atoms with van der Waals surface area (Å²) in [5.41, 5.74) is 3.93. The van der Waals surface area contributed by atoms with E-state index < -0.39 is 12.7 Å².